The quantitative estimate of drug-likeness (QED) is 0.628. The van der Waals surface area contributed by atoms with Crippen LogP contribution in [0.1, 0.15) is 33.1 Å². The summed E-state index contributed by atoms with van der Waals surface area (Å²) < 4.78 is 7.36. The Bertz CT molecular complexity index is 1210. The maximum Gasteiger partial charge on any atom is 0.339 e. The molecule has 2 aromatic carbocycles. The Labute approximate surface area is 165 Å². The van der Waals surface area contributed by atoms with Gasteiger partial charge in [0, 0.05) is 0 Å². The van der Waals surface area contributed by atoms with Crippen molar-refractivity contribution >= 4 is 5.97 Å². The summed E-state index contributed by atoms with van der Waals surface area (Å²) in [6.07, 6.45) is 0. The van der Waals surface area contributed by atoms with Crippen LogP contribution in [0.3, 0.4) is 0 Å². The van der Waals surface area contributed by atoms with Crippen LogP contribution in [0.5, 0.6) is 11.6 Å². The van der Waals surface area contributed by atoms with E-state index < -0.39 is 11.9 Å². The molecule has 1 atom stereocenters. The lowest BCUT2D eigenvalue weighted by Crippen LogP contribution is -2.22. The highest BCUT2D eigenvalue weighted by Gasteiger charge is 2.36. The maximum atomic E-state index is 11.5. The number of benzene rings is 2. The predicted molar refractivity (Wildman–Crippen MR) is 103 cm³/mol. The molecule has 0 radical (unpaired) electrons. The molecular formula is C21H16N4O4. The van der Waals surface area contributed by atoms with Crippen LogP contribution in [-0.4, -0.2) is 26.0 Å². The molecule has 29 heavy (non-hydrogen) atoms. The number of nitrogens with two attached hydrogens (primary N) is 1. The molecule has 0 aliphatic carbocycles. The second-order valence-electron chi connectivity index (χ2n) is 6.56. The van der Waals surface area contributed by atoms with Gasteiger partial charge in [-0.3, -0.25) is 0 Å². The Morgan fingerprint density at radius 3 is 2.66 bits per heavy atom. The van der Waals surface area contributed by atoms with E-state index in [9.17, 15) is 20.3 Å². The number of aromatic nitrogens is 2. The molecule has 0 fully saturated rings. The van der Waals surface area contributed by atoms with E-state index in [-0.39, 0.29) is 22.8 Å². The van der Waals surface area contributed by atoms with Gasteiger partial charge in [-0.15, -0.1) is 0 Å². The smallest absolute Gasteiger partial charge is 0.339 e. The van der Waals surface area contributed by atoms with Gasteiger partial charge in [-0.1, -0.05) is 24.3 Å². The Balaban J connectivity index is 1.97. The van der Waals surface area contributed by atoms with Crippen LogP contribution in [0.4, 0.5) is 0 Å². The van der Waals surface area contributed by atoms with E-state index in [1.54, 1.807) is 17.7 Å². The predicted octanol–water partition coefficient (Wildman–Crippen LogP) is 2.80. The van der Waals surface area contributed by atoms with Gasteiger partial charge in [0.2, 0.25) is 11.8 Å². The number of hydrogen-bond acceptors (Lipinski definition) is 6. The number of hydrogen-bond donors (Lipinski definition) is 3. The van der Waals surface area contributed by atoms with E-state index in [0.29, 0.717) is 22.7 Å². The topological polar surface area (TPSA) is 134 Å². The van der Waals surface area contributed by atoms with Crippen molar-refractivity contribution in [1.82, 2.24) is 9.78 Å². The molecule has 1 unspecified atom stereocenters. The zero-order chi connectivity index (χ0) is 20.7. The minimum Gasteiger partial charge on any atom is -0.507 e. The van der Waals surface area contributed by atoms with Gasteiger partial charge in [-0.25, -0.2) is 9.48 Å². The Hall–Kier alpha value is -4.25. The average Bonchev–Trinajstić information content (AvgIpc) is 3.04. The first-order chi connectivity index (χ1) is 13.9. The molecule has 8 heteroatoms. The summed E-state index contributed by atoms with van der Waals surface area (Å²) >= 11 is 0. The SMILES string of the molecule is Cc1nn(-c2ccccc2)c2c1C(c1ccc(O)c(C(=O)O)c1)C(C#N)=C(N)O2. The first-order valence-electron chi connectivity index (χ1n) is 8.71. The van der Waals surface area contributed by atoms with Crippen LogP contribution in [0.25, 0.3) is 5.69 Å². The molecule has 0 saturated heterocycles. The number of rotatable bonds is 3. The fraction of sp³-hybridized carbons (Fsp3) is 0.0952. The largest absolute Gasteiger partial charge is 0.507 e. The van der Waals surface area contributed by atoms with Gasteiger partial charge in [-0.05, 0) is 36.8 Å². The summed E-state index contributed by atoms with van der Waals surface area (Å²) in [7, 11) is 0. The van der Waals surface area contributed by atoms with Crippen molar-refractivity contribution in [3.05, 3.63) is 82.4 Å². The molecule has 1 aromatic heterocycles. The zero-order valence-electron chi connectivity index (χ0n) is 15.3. The van der Waals surface area contributed by atoms with Crippen LogP contribution in [0.15, 0.2) is 60.0 Å². The van der Waals surface area contributed by atoms with Crippen molar-refractivity contribution in [2.75, 3.05) is 0 Å². The number of aryl methyl sites for hydroxylation is 1. The molecule has 0 spiro atoms. The van der Waals surface area contributed by atoms with Gasteiger partial charge in [0.15, 0.2) is 0 Å². The number of nitrogens with zero attached hydrogens (tertiary/aromatic N) is 3. The molecule has 8 nitrogen and oxygen atoms in total. The summed E-state index contributed by atoms with van der Waals surface area (Å²) in [5, 5.41) is 33.5. The lowest BCUT2D eigenvalue weighted by atomic mass is 9.83. The van der Waals surface area contributed by atoms with Crippen molar-refractivity contribution in [3.8, 4) is 23.4 Å². The van der Waals surface area contributed by atoms with Crippen molar-refractivity contribution in [3.63, 3.8) is 0 Å². The van der Waals surface area contributed by atoms with Crippen LogP contribution < -0.4 is 10.5 Å². The third kappa shape index (κ3) is 2.85. The molecule has 0 bridgehead atoms. The van der Waals surface area contributed by atoms with Gasteiger partial charge < -0.3 is 20.7 Å². The van der Waals surface area contributed by atoms with Crippen molar-refractivity contribution < 1.29 is 19.7 Å². The highest BCUT2D eigenvalue weighted by atomic mass is 16.5. The molecule has 4 rings (SSSR count). The number of nitriles is 1. The third-order valence-electron chi connectivity index (χ3n) is 4.82. The van der Waals surface area contributed by atoms with E-state index in [1.165, 1.54) is 12.1 Å². The van der Waals surface area contributed by atoms with Crippen LogP contribution in [0.2, 0.25) is 0 Å². The number of phenols is 1. The number of ether oxygens (including phenoxy) is 1. The standard InChI is InChI=1S/C21H16N4O4/c1-11-17-18(12-7-8-16(26)14(9-12)21(27)28)15(10-22)19(23)29-20(17)25(24-11)13-5-3-2-4-6-13/h2-9,18,26H,23H2,1H3,(H,27,28). The zero-order valence-corrected chi connectivity index (χ0v) is 15.3. The summed E-state index contributed by atoms with van der Waals surface area (Å²) in [4.78, 5) is 11.5. The molecule has 4 N–H and O–H groups in total. The van der Waals surface area contributed by atoms with E-state index >= 15 is 0 Å². The highest BCUT2D eigenvalue weighted by molar-refractivity contribution is 5.91. The molecule has 0 amide bonds. The summed E-state index contributed by atoms with van der Waals surface area (Å²) in [5.41, 5.74) is 8.39. The van der Waals surface area contributed by atoms with Crippen molar-refractivity contribution in [2.45, 2.75) is 12.8 Å². The van der Waals surface area contributed by atoms with E-state index in [2.05, 4.69) is 11.2 Å². The Morgan fingerprint density at radius 2 is 2.00 bits per heavy atom. The number of aromatic hydroxyl groups is 1. The van der Waals surface area contributed by atoms with E-state index in [0.717, 1.165) is 5.69 Å². The highest BCUT2D eigenvalue weighted by Crippen LogP contribution is 2.45. The number of carboxylic acid groups (broad SMARTS) is 1. The molecule has 1 aliphatic rings. The molecule has 144 valence electrons. The summed E-state index contributed by atoms with van der Waals surface area (Å²) in [6.45, 7) is 1.78. The monoisotopic (exact) mass is 388 g/mol. The molecule has 3 aromatic rings. The van der Waals surface area contributed by atoms with Crippen molar-refractivity contribution in [1.29, 1.82) is 5.26 Å². The summed E-state index contributed by atoms with van der Waals surface area (Å²) in [6, 6.07) is 15.6. The molecule has 0 saturated carbocycles. The minimum atomic E-state index is -1.27. The number of carbonyl (C=O) groups is 1. The lowest BCUT2D eigenvalue weighted by Gasteiger charge is -2.25. The van der Waals surface area contributed by atoms with Crippen molar-refractivity contribution in [2.24, 2.45) is 5.73 Å². The van der Waals surface area contributed by atoms with Gasteiger partial charge in [-0.2, -0.15) is 10.4 Å². The number of para-hydroxylation sites is 1. The summed E-state index contributed by atoms with van der Waals surface area (Å²) in [5.74, 6) is -2.03. The molecule has 1 aliphatic heterocycles. The first-order valence-corrected chi connectivity index (χ1v) is 8.71. The maximum absolute atomic E-state index is 11.5. The number of allylic oxidation sites excluding steroid dienone is 1. The molecule has 2 heterocycles. The first kappa shape index (κ1) is 18.1. The van der Waals surface area contributed by atoms with Gasteiger partial charge in [0.1, 0.15) is 23.0 Å². The Morgan fingerprint density at radius 1 is 1.28 bits per heavy atom. The lowest BCUT2D eigenvalue weighted by molar-refractivity contribution is 0.0693. The van der Waals surface area contributed by atoms with Crippen LogP contribution in [0, 0.1) is 18.3 Å². The Kier molecular flexibility index (Phi) is 4.20. The van der Waals surface area contributed by atoms with E-state index in [4.69, 9.17) is 10.5 Å². The number of carboxylic acids is 1. The van der Waals surface area contributed by atoms with Gasteiger partial charge in [0.25, 0.3) is 0 Å². The third-order valence-corrected chi connectivity index (χ3v) is 4.82. The fourth-order valence-electron chi connectivity index (χ4n) is 3.50. The number of fused-ring (bicyclic) bond motifs is 1. The van der Waals surface area contributed by atoms with Crippen LogP contribution in [-0.2, 0) is 0 Å². The fourth-order valence-corrected chi connectivity index (χ4v) is 3.50. The number of aromatic carboxylic acids is 1. The second-order valence-corrected chi connectivity index (χ2v) is 6.56. The molecular weight excluding hydrogens is 372 g/mol. The van der Waals surface area contributed by atoms with E-state index in [1.807, 2.05) is 30.3 Å². The van der Waals surface area contributed by atoms with Crippen LogP contribution >= 0.6 is 0 Å². The average molecular weight is 388 g/mol. The second kappa shape index (κ2) is 6.73. The minimum absolute atomic E-state index is 0.0768. The normalized spacial score (nSPS) is 15.4. The van der Waals surface area contributed by atoms with Gasteiger partial charge in [0.05, 0.1) is 22.9 Å². The van der Waals surface area contributed by atoms with Gasteiger partial charge >= 0.3 is 5.97 Å².